The number of halogens is 2. The van der Waals surface area contributed by atoms with Crippen molar-refractivity contribution in [3.63, 3.8) is 0 Å². The minimum Gasteiger partial charge on any atom is -0.417 e. The molecule has 0 aliphatic rings. The minimum atomic E-state index is -0.306. The highest BCUT2D eigenvalue weighted by Crippen LogP contribution is 2.19. The van der Waals surface area contributed by atoms with Crippen molar-refractivity contribution < 1.29 is 8.81 Å². The fourth-order valence-electron chi connectivity index (χ4n) is 1.79. The quantitative estimate of drug-likeness (QED) is 0.704. The first-order chi connectivity index (χ1) is 10.2. The first-order valence-electron chi connectivity index (χ1n) is 6.24. The number of benzene rings is 2. The van der Waals surface area contributed by atoms with Crippen LogP contribution in [0, 0.1) is 5.82 Å². The Kier molecular flexibility index (Phi) is 3.79. The number of hydrogen-bond donors (Lipinski definition) is 0. The highest BCUT2D eigenvalue weighted by atomic mass is 35.5. The molecule has 0 saturated heterocycles. The van der Waals surface area contributed by atoms with Crippen molar-refractivity contribution in [2.75, 3.05) is 0 Å². The average Bonchev–Trinajstić information content (AvgIpc) is 2.95. The lowest BCUT2D eigenvalue weighted by atomic mass is 10.2. The molecule has 3 rings (SSSR count). The van der Waals surface area contributed by atoms with E-state index in [4.69, 9.17) is 16.0 Å². The number of aromatic nitrogens is 2. The van der Waals surface area contributed by atoms with Crippen molar-refractivity contribution in [1.29, 1.82) is 0 Å². The van der Waals surface area contributed by atoms with Gasteiger partial charge in [-0.3, -0.25) is 0 Å². The smallest absolute Gasteiger partial charge is 0.248 e. The lowest BCUT2D eigenvalue weighted by Crippen LogP contribution is -1.78. The molecule has 21 heavy (non-hydrogen) atoms. The summed E-state index contributed by atoms with van der Waals surface area (Å²) in [5.41, 5.74) is 1.61. The van der Waals surface area contributed by atoms with Crippen molar-refractivity contribution in [3.8, 4) is 11.5 Å². The fraction of sp³-hybridized carbons (Fsp3) is 0. The Morgan fingerprint density at radius 2 is 1.81 bits per heavy atom. The van der Waals surface area contributed by atoms with E-state index in [-0.39, 0.29) is 5.82 Å². The maximum Gasteiger partial charge on any atom is 0.248 e. The second kappa shape index (κ2) is 5.89. The second-order valence-corrected chi connectivity index (χ2v) is 4.78. The normalized spacial score (nSPS) is 11.1. The van der Waals surface area contributed by atoms with Crippen LogP contribution in [0.25, 0.3) is 23.6 Å². The summed E-state index contributed by atoms with van der Waals surface area (Å²) < 4.78 is 18.4. The minimum absolute atomic E-state index is 0.306. The van der Waals surface area contributed by atoms with Crippen molar-refractivity contribution in [1.82, 2.24) is 10.2 Å². The molecule has 0 spiro atoms. The third kappa shape index (κ3) is 3.35. The summed E-state index contributed by atoms with van der Waals surface area (Å²) >= 11 is 5.91. The summed E-state index contributed by atoms with van der Waals surface area (Å²) in [4.78, 5) is 0. The van der Waals surface area contributed by atoms with Crippen LogP contribution in [0.3, 0.4) is 0 Å². The Morgan fingerprint density at radius 3 is 2.57 bits per heavy atom. The van der Waals surface area contributed by atoms with Gasteiger partial charge in [-0.1, -0.05) is 23.7 Å². The summed E-state index contributed by atoms with van der Waals surface area (Å²) in [6.45, 7) is 0. The Morgan fingerprint density at radius 1 is 1.00 bits per heavy atom. The average molecular weight is 301 g/mol. The van der Waals surface area contributed by atoms with Crippen LogP contribution >= 0.6 is 11.6 Å². The van der Waals surface area contributed by atoms with E-state index in [9.17, 15) is 4.39 Å². The van der Waals surface area contributed by atoms with Crippen LogP contribution in [0.15, 0.2) is 52.9 Å². The summed E-state index contributed by atoms with van der Waals surface area (Å²) in [6, 6.07) is 13.3. The van der Waals surface area contributed by atoms with E-state index in [1.54, 1.807) is 24.3 Å². The van der Waals surface area contributed by atoms with Gasteiger partial charge in [0.25, 0.3) is 0 Å². The summed E-state index contributed by atoms with van der Waals surface area (Å²) in [7, 11) is 0. The highest BCUT2D eigenvalue weighted by molar-refractivity contribution is 6.30. The van der Waals surface area contributed by atoms with Gasteiger partial charge in [-0.05, 0) is 48.0 Å². The predicted octanol–water partition coefficient (Wildman–Crippen LogP) is 4.70. The van der Waals surface area contributed by atoms with Crippen LogP contribution in [-0.4, -0.2) is 10.2 Å². The molecular formula is C16H10ClFN2O. The van der Waals surface area contributed by atoms with Crippen molar-refractivity contribution in [3.05, 3.63) is 70.8 Å². The first-order valence-corrected chi connectivity index (χ1v) is 6.61. The first kappa shape index (κ1) is 13.5. The maximum absolute atomic E-state index is 12.9. The molecule has 0 radical (unpaired) electrons. The molecular weight excluding hydrogens is 291 g/mol. The van der Waals surface area contributed by atoms with E-state index in [1.165, 1.54) is 12.1 Å². The topological polar surface area (TPSA) is 38.9 Å². The van der Waals surface area contributed by atoms with Crippen LogP contribution in [0.5, 0.6) is 0 Å². The van der Waals surface area contributed by atoms with E-state index < -0.39 is 0 Å². The fourth-order valence-corrected chi connectivity index (χ4v) is 1.99. The van der Waals surface area contributed by atoms with Gasteiger partial charge < -0.3 is 4.42 Å². The lowest BCUT2D eigenvalue weighted by molar-refractivity contribution is 0.557. The molecule has 3 aromatic rings. The van der Waals surface area contributed by atoms with Crippen LogP contribution < -0.4 is 0 Å². The molecule has 0 bridgehead atoms. The predicted molar refractivity (Wildman–Crippen MR) is 80.1 cm³/mol. The van der Waals surface area contributed by atoms with Gasteiger partial charge in [-0.2, -0.15) is 0 Å². The van der Waals surface area contributed by atoms with Crippen molar-refractivity contribution in [2.45, 2.75) is 0 Å². The maximum atomic E-state index is 12.9. The zero-order chi connectivity index (χ0) is 14.7. The third-order valence-electron chi connectivity index (χ3n) is 2.80. The molecule has 0 unspecified atom stereocenters. The van der Waals surface area contributed by atoms with E-state index >= 15 is 0 Å². The summed E-state index contributed by atoms with van der Waals surface area (Å²) in [5.74, 6) is 0.411. The van der Waals surface area contributed by atoms with Crippen LogP contribution in [0.4, 0.5) is 4.39 Å². The SMILES string of the molecule is Fc1ccc(-c2nnc(/C=C/c3cccc(Cl)c3)o2)cc1. The Labute approximate surface area is 125 Å². The Hall–Kier alpha value is -2.46. The standard InChI is InChI=1S/C16H10ClFN2O/c17-13-3-1-2-11(10-13)4-9-15-19-20-16(21-15)12-5-7-14(18)8-6-12/h1-10H/b9-4+. The van der Waals surface area contributed by atoms with Crippen molar-refractivity contribution >= 4 is 23.8 Å². The molecule has 0 atom stereocenters. The van der Waals surface area contributed by atoms with Gasteiger partial charge in [0.15, 0.2) is 0 Å². The van der Waals surface area contributed by atoms with Crippen molar-refractivity contribution in [2.24, 2.45) is 0 Å². The van der Waals surface area contributed by atoms with Gasteiger partial charge in [0.05, 0.1) is 0 Å². The summed E-state index contributed by atoms with van der Waals surface area (Å²) in [6.07, 6.45) is 3.53. The number of rotatable bonds is 3. The molecule has 1 heterocycles. The highest BCUT2D eigenvalue weighted by Gasteiger charge is 2.06. The second-order valence-electron chi connectivity index (χ2n) is 4.34. The molecule has 0 amide bonds. The Bertz CT molecular complexity index is 781. The number of nitrogens with zero attached hydrogens (tertiary/aromatic N) is 2. The lowest BCUT2D eigenvalue weighted by Gasteiger charge is -1.93. The van der Waals surface area contributed by atoms with E-state index in [0.717, 1.165) is 5.56 Å². The van der Waals surface area contributed by atoms with Gasteiger partial charge in [0.1, 0.15) is 5.82 Å². The third-order valence-corrected chi connectivity index (χ3v) is 3.03. The molecule has 104 valence electrons. The molecule has 0 fully saturated rings. The molecule has 0 N–H and O–H groups in total. The molecule has 1 aromatic heterocycles. The van der Waals surface area contributed by atoms with Gasteiger partial charge in [0, 0.05) is 16.7 Å². The van der Waals surface area contributed by atoms with Crippen LogP contribution in [0.2, 0.25) is 5.02 Å². The van der Waals surface area contributed by atoms with Crippen LogP contribution in [0.1, 0.15) is 11.5 Å². The van der Waals surface area contributed by atoms with Gasteiger partial charge >= 0.3 is 0 Å². The van der Waals surface area contributed by atoms with Gasteiger partial charge in [0.2, 0.25) is 11.8 Å². The molecule has 3 nitrogen and oxygen atoms in total. The summed E-state index contributed by atoms with van der Waals surface area (Å²) in [5, 5.41) is 8.51. The molecule has 0 aliphatic carbocycles. The Balaban J connectivity index is 1.80. The van der Waals surface area contributed by atoms with E-state index in [2.05, 4.69) is 10.2 Å². The molecule has 0 aliphatic heterocycles. The van der Waals surface area contributed by atoms with Gasteiger partial charge in [-0.15, -0.1) is 10.2 Å². The monoisotopic (exact) mass is 300 g/mol. The van der Waals surface area contributed by atoms with E-state index in [1.807, 2.05) is 24.3 Å². The zero-order valence-electron chi connectivity index (χ0n) is 10.8. The molecule has 5 heteroatoms. The number of hydrogen-bond acceptors (Lipinski definition) is 3. The molecule has 0 saturated carbocycles. The van der Waals surface area contributed by atoms with Crippen LogP contribution in [-0.2, 0) is 0 Å². The van der Waals surface area contributed by atoms with E-state index in [0.29, 0.717) is 22.4 Å². The zero-order valence-corrected chi connectivity index (χ0v) is 11.6. The largest absolute Gasteiger partial charge is 0.417 e. The van der Waals surface area contributed by atoms with Gasteiger partial charge in [-0.25, -0.2) is 4.39 Å². The molecule has 2 aromatic carbocycles.